The number of fused-ring (bicyclic) bond motifs is 3. The van der Waals surface area contributed by atoms with Gasteiger partial charge in [-0.3, -0.25) is 0 Å². The van der Waals surface area contributed by atoms with Crippen LogP contribution in [0.25, 0.3) is 21.9 Å². The summed E-state index contributed by atoms with van der Waals surface area (Å²) in [4.78, 5) is 20.8. The Hall–Kier alpha value is -3.26. The van der Waals surface area contributed by atoms with Crippen molar-refractivity contribution in [2.45, 2.75) is 26.8 Å². The predicted octanol–water partition coefficient (Wildman–Crippen LogP) is 3.84. The lowest BCUT2D eigenvalue weighted by atomic mass is 10.1. The molecule has 4 aromatic rings. The van der Waals surface area contributed by atoms with Crippen LogP contribution in [0.4, 0.5) is 17.5 Å². The van der Waals surface area contributed by atoms with E-state index in [1.165, 1.54) is 0 Å². The molecular weight excluding hydrogens is 378 g/mol. The van der Waals surface area contributed by atoms with Gasteiger partial charge >= 0.3 is 0 Å². The van der Waals surface area contributed by atoms with E-state index in [0.29, 0.717) is 17.8 Å². The molecule has 3 aromatic heterocycles. The van der Waals surface area contributed by atoms with E-state index in [2.05, 4.69) is 62.6 Å². The van der Waals surface area contributed by atoms with Crippen molar-refractivity contribution in [1.82, 2.24) is 24.5 Å². The minimum Gasteiger partial charge on any atom is -0.378 e. The number of imidazole rings is 1. The highest BCUT2D eigenvalue weighted by Gasteiger charge is 2.15. The predicted molar refractivity (Wildman–Crippen MR) is 119 cm³/mol. The first kappa shape index (κ1) is 18.7. The molecular formula is C22H25N7O. The van der Waals surface area contributed by atoms with Crippen molar-refractivity contribution >= 4 is 39.4 Å². The van der Waals surface area contributed by atoms with E-state index in [-0.39, 0.29) is 0 Å². The number of benzene rings is 1. The molecule has 8 nitrogen and oxygen atoms in total. The van der Waals surface area contributed by atoms with E-state index in [1.807, 2.05) is 24.8 Å². The number of ether oxygens (including phenoxy) is 1. The topological polar surface area (TPSA) is 81.0 Å². The number of morpholine rings is 1. The van der Waals surface area contributed by atoms with Gasteiger partial charge < -0.3 is 19.5 Å². The summed E-state index contributed by atoms with van der Waals surface area (Å²) >= 11 is 0. The molecule has 0 bridgehead atoms. The third kappa shape index (κ3) is 3.33. The third-order valence-corrected chi connectivity index (χ3v) is 5.50. The molecule has 0 amide bonds. The number of hydrogen-bond donors (Lipinski definition) is 1. The summed E-state index contributed by atoms with van der Waals surface area (Å²) in [5.74, 6) is 1.24. The van der Waals surface area contributed by atoms with Crippen LogP contribution in [0.1, 0.15) is 25.5 Å². The lowest BCUT2D eigenvalue weighted by Gasteiger charge is -2.28. The van der Waals surface area contributed by atoms with Gasteiger partial charge in [-0.25, -0.2) is 19.9 Å². The van der Waals surface area contributed by atoms with Crippen molar-refractivity contribution < 1.29 is 4.74 Å². The maximum atomic E-state index is 5.42. The minimum absolute atomic E-state index is 0.292. The monoisotopic (exact) mass is 403 g/mol. The highest BCUT2D eigenvalue weighted by Crippen LogP contribution is 2.29. The van der Waals surface area contributed by atoms with Gasteiger partial charge in [0, 0.05) is 30.7 Å². The number of hydrogen-bond acceptors (Lipinski definition) is 7. The fourth-order valence-corrected chi connectivity index (χ4v) is 3.91. The number of nitrogens with one attached hydrogen (secondary N) is 1. The molecule has 30 heavy (non-hydrogen) atoms. The van der Waals surface area contributed by atoms with Gasteiger partial charge in [-0.1, -0.05) is 0 Å². The Morgan fingerprint density at radius 3 is 2.60 bits per heavy atom. The molecule has 0 aliphatic carbocycles. The number of nitrogens with zero attached hydrogens (tertiary/aromatic N) is 6. The van der Waals surface area contributed by atoms with Crippen LogP contribution in [0.2, 0.25) is 0 Å². The average Bonchev–Trinajstić information content (AvgIpc) is 3.22. The summed E-state index contributed by atoms with van der Waals surface area (Å²) in [7, 11) is 0. The molecule has 0 unspecified atom stereocenters. The Balaban J connectivity index is 1.48. The van der Waals surface area contributed by atoms with Gasteiger partial charge in [-0.05, 0) is 44.5 Å². The van der Waals surface area contributed by atoms with Crippen LogP contribution in [0.15, 0.2) is 36.9 Å². The van der Waals surface area contributed by atoms with E-state index < -0.39 is 0 Å². The van der Waals surface area contributed by atoms with Gasteiger partial charge in [-0.15, -0.1) is 0 Å². The first-order valence-corrected chi connectivity index (χ1v) is 10.3. The van der Waals surface area contributed by atoms with E-state index in [1.54, 1.807) is 0 Å². The van der Waals surface area contributed by atoms with Crippen LogP contribution in [-0.4, -0.2) is 50.8 Å². The van der Waals surface area contributed by atoms with Crippen molar-refractivity contribution in [3.8, 4) is 0 Å². The van der Waals surface area contributed by atoms with Crippen LogP contribution in [-0.2, 0) is 4.74 Å². The van der Waals surface area contributed by atoms with Crippen LogP contribution in [0.5, 0.6) is 0 Å². The Labute approximate surface area is 174 Å². The average molecular weight is 403 g/mol. The quantitative estimate of drug-likeness (QED) is 0.554. The normalized spacial score (nSPS) is 14.7. The molecule has 4 heterocycles. The number of pyridine rings is 1. The maximum Gasteiger partial charge on any atom is 0.228 e. The van der Waals surface area contributed by atoms with Crippen LogP contribution in [0.3, 0.4) is 0 Å². The minimum atomic E-state index is 0.292. The van der Waals surface area contributed by atoms with Crippen molar-refractivity contribution in [3.63, 3.8) is 0 Å². The van der Waals surface area contributed by atoms with Crippen molar-refractivity contribution in [2.24, 2.45) is 0 Å². The fourth-order valence-electron chi connectivity index (χ4n) is 3.91. The molecule has 0 radical (unpaired) electrons. The molecule has 8 heteroatoms. The molecule has 1 aromatic carbocycles. The molecule has 1 fully saturated rings. The summed E-state index contributed by atoms with van der Waals surface area (Å²) < 4.78 is 7.58. The Kier molecular flexibility index (Phi) is 4.71. The van der Waals surface area contributed by atoms with Crippen LogP contribution >= 0.6 is 0 Å². The number of aryl methyl sites for hydroxylation is 1. The van der Waals surface area contributed by atoms with E-state index in [0.717, 1.165) is 59.5 Å². The molecule has 1 aliphatic rings. The number of anilines is 3. The van der Waals surface area contributed by atoms with E-state index in [9.17, 15) is 0 Å². The lowest BCUT2D eigenvalue weighted by Crippen LogP contribution is -2.36. The molecule has 0 saturated carbocycles. The Morgan fingerprint density at radius 2 is 1.87 bits per heavy atom. The van der Waals surface area contributed by atoms with Gasteiger partial charge in [0.05, 0.1) is 42.5 Å². The summed E-state index contributed by atoms with van der Waals surface area (Å²) in [6.45, 7) is 9.66. The van der Waals surface area contributed by atoms with Crippen molar-refractivity contribution in [3.05, 3.63) is 42.5 Å². The zero-order valence-corrected chi connectivity index (χ0v) is 17.5. The molecule has 5 rings (SSSR count). The van der Waals surface area contributed by atoms with Crippen LogP contribution in [0, 0.1) is 6.92 Å². The zero-order chi connectivity index (χ0) is 20.7. The van der Waals surface area contributed by atoms with E-state index >= 15 is 0 Å². The van der Waals surface area contributed by atoms with Gasteiger partial charge in [0.2, 0.25) is 5.95 Å². The first-order valence-electron chi connectivity index (χ1n) is 10.3. The summed E-state index contributed by atoms with van der Waals surface area (Å²) in [6.07, 6.45) is 5.63. The molecule has 0 spiro atoms. The van der Waals surface area contributed by atoms with Crippen LogP contribution < -0.4 is 10.2 Å². The number of aromatic nitrogens is 5. The Morgan fingerprint density at radius 1 is 1.03 bits per heavy atom. The Bertz CT molecular complexity index is 1190. The summed E-state index contributed by atoms with van der Waals surface area (Å²) in [5, 5.41) is 4.24. The number of rotatable bonds is 4. The SMILES string of the molecule is Cc1cc2cnc(Nc3ccc(N4CCOCC4)cn3)nc2c2c1ncn2C(C)C. The van der Waals surface area contributed by atoms with Gasteiger partial charge in [0.15, 0.2) is 0 Å². The summed E-state index contributed by atoms with van der Waals surface area (Å²) in [6, 6.07) is 6.41. The summed E-state index contributed by atoms with van der Waals surface area (Å²) in [5.41, 5.74) is 5.14. The molecule has 154 valence electrons. The first-order chi connectivity index (χ1) is 14.6. The molecule has 0 atom stereocenters. The zero-order valence-electron chi connectivity index (χ0n) is 17.5. The molecule has 1 saturated heterocycles. The standard InChI is InChI=1S/C22H25N7O/c1-14(2)29-13-25-19-15(3)10-16-11-24-22(27-20(16)21(19)29)26-18-5-4-17(12-23-18)28-6-8-30-9-7-28/h4-5,10-14H,6-9H2,1-3H3,(H,23,24,26,27). The van der Waals surface area contributed by atoms with Gasteiger partial charge in [0.25, 0.3) is 0 Å². The van der Waals surface area contributed by atoms with E-state index in [4.69, 9.17) is 9.72 Å². The molecule has 1 N–H and O–H groups in total. The smallest absolute Gasteiger partial charge is 0.228 e. The van der Waals surface area contributed by atoms with Gasteiger partial charge in [-0.2, -0.15) is 0 Å². The lowest BCUT2D eigenvalue weighted by molar-refractivity contribution is 0.122. The van der Waals surface area contributed by atoms with Crippen molar-refractivity contribution in [1.29, 1.82) is 0 Å². The largest absolute Gasteiger partial charge is 0.378 e. The second-order valence-corrected chi connectivity index (χ2v) is 7.89. The third-order valence-electron chi connectivity index (χ3n) is 5.50. The highest BCUT2D eigenvalue weighted by atomic mass is 16.5. The second kappa shape index (κ2) is 7.53. The fraction of sp³-hybridized carbons (Fsp3) is 0.364. The highest BCUT2D eigenvalue weighted by molar-refractivity contribution is 6.03. The molecule has 1 aliphatic heterocycles. The van der Waals surface area contributed by atoms with Gasteiger partial charge in [0.1, 0.15) is 11.3 Å². The second-order valence-electron chi connectivity index (χ2n) is 7.89. The van der Waals surface area contributed by atoms with Crippen molar-refractivity contribution in [2.75, 3.05) is 36.5 Å². The maximum absolute atomic E-state index is 5.42.